The molecule has 6 rings (SSSR count). The third-order valence-electron chi connectivity index (χ3n) is 9.00. The summed E-state index contributed by atoms with van der Waals surface area (Å²) in [5.74, 6) is 0.0264. The zero-order valence-electron chi connectivity index (χ0n) is 25.5. The Hall–Kier alpha value is -4.32. The standard InChI is InChI=1S/C34H34F4N4O4/c1-19-23(15-31(46-19)33(8-9-33)34(36,37)38)32(39)28(43)14-21-3-4-22(13-24(21)35)27-18-41-25-16-30(29(44-2)17-26(25)42-27)45-12-7-20-5-10-40-11-6-20/h3-4,13,15-18,20,39-40H,5-12,14H2,1-2H3. The number of nitrogens with zero attached hydrogens (tertiary/aromatic N) is 2. The Bertz CT molecular complexity index is 1790. The molecule has 0 radical (unpaired) electrons. The van der Waals surface area contributed by atoms with Crippen molar-refractivity contribution < 1.29 is 36.2 Å². The maximum Gasteiger partial charge on any atom is 0.401 e. The van der Waals surface area contributed by atoms with E-state index in [0.29, 0.717) is 46.3 Å². The van der Waals surface area contributed by atoms with Crippen LogP contribution in [0.4, 0.5) is 17.6 Å². The van der Waals surface area contributed by atoms with Crippen molar-refractivity contribution in [1.29, 1.82) is 5.41 Å². The van der Waals surface area contributed by atoms with E-state index in [4.69, 9.17) is 19.3 Å². The number of furan rings is 1. The van der Waals surface area contributed by atoms with Crippen LogP contribution in [0.2, 0.25) is 0 Å². The third kappa shape index (κ3) is 6.22. The molecule has 2 aromatic heterocycles. The van der Waals surface area contributed by atoms with E-state index in [1.807, 2.05) is 0 Å². The van der Waals surface area contributed by atoms with Gasteiger partial charge in [0, 0.05) is 29.7 Å². The lowest BCUT2D eigenvalue weighted by Crippen LogP contribution is -2.28. The van der Waals surface area contributed by atoms with Crippen LogP contribution < -0.4 is 14.8 Å². The number of halogens is 4. The van der Waals surface area contributed by atoms with Gasteiger partial charge < -0.3 is 19.2 Å². The molecule has 0 bridgehead atoms. The van der Waals surface area contributed by atoms with Gasteiger partial charge in [-0.1, -0.05) is 12.1 Å². The number of Topliss-reactive ketones (excluding diaryl/α,β-unsaturated/α-hetero) is 1. The molecule has 1 aliphatic heterocycles. The highest BCUT2D eigenvalue weighted by Crippen LogP contribution is 2.59. The normalized spacial score (nSPS) is 16.4. The SMILES string of the molecule is COc1cc2nc(-c3ccc(CC(=O)C(=N)c4cc(C5(C(F)(F)F)CC5)oc4C)c(F)c3)cnc2cc1OCCC1CCNCC1. The first-order valence-electron chi connectivity index (χ1n) is 15.3. The molecule has 4 aromatic rings. The minimum Gasteiger partial charge on any atom is -0.493 e. The van der Waals surface area contributed by atoms with Crippen LogP contribution in [0.15, 0.2) is 47.0 Å². The van der Waals surface area contributed by atoms with Crippen molar-refractivity contribution in [2.24, 2.45) is 5.92 Å². The van der Waals surface area contributed by atoms with Crippen molar-refractivity contribution in [3.05, 3.63) is 71.1 Å². The van der Waals surface area contributed by atoms with E-state index < -0.39 is 35.3 Å². The topological polar surface area (TPSA) is 110 Å². The number of ketones is 1. The Balaban J connectivity index is 1.14. The molecule has 0 amide bonds. The van der Waals surface area contributed by atoms with Gasteiger partial charge in [0.15, 0.2) is 17.3 Å². The van der Waals surface area contributed by atoms with E-state index >= 15 is 4.39 Å². The molecule has 2 aromatic carbocycles. The molecular weight excluding hydrogens is 604 g/mol. The summed E-state index contributed by atoms with van der Waals surface area (Å²) in [5, 5.41) is 11.7. The monoisotopic (exact) mass is 638 g/mol. The summed E-state index contributed by atoms with van der Waals surface area (Å²) in [6.45, 7) is 4.03. The highest BCUT2D eigenvalue weighted by Gasteiger charge is 2.66. The molecule has 1 aliphatic carbocycles. The Labute approximate surface area is 263 Å². The predicted octanol–water partition coefficient (Wildman–Crippen LogP) is 6.89. The van der Waals surface area contributed by atoms with Crippen LogP contribution in [0.3, 0.4) is 0 Å². The molecule has 3 heterocycles. The molecule has 2 fully saturated rings. The molecule has 8 nitrogen and oxygen atoms in total. The number of methoxy groups -OCH3 is 1. The van der Waals surface area contributed by atoms with Gasteiger partial charge in [0.25, 0.3) is 0 Å². The quantitative estimate of drug-likeness (QED) is 0.136. The molecule has 46 heavy (non-hydrogen) atoms. The minimum atomic E-state index is -4.49. The van der Waals surface area contributed by atoms with Gasteiger partial charge in [0.2, 0.25) is 0 Å². The van der Waals surface area contributed by atoms with Gasteiger partial charge in [0.05, 0.1) is 36.6 Å². The summed E-state index contributed by atoms with van der Waals surface area (Å²) in [5.41, 5.74) is -0.640. The van der Waals surface area contributed by atoms with Crippen molar-refractivity contribution in [2.75, 3.05) is 26.8 Å². The summed E-state index contributed by atoms with van der Waals surface area (Å²) in [6.07, 6.45) is -0.406. The second-order valence-corrected chi connectivity index (χ2v) is 12.0. The summed E-state index contributed by atoms with van der Waals surface area (Å²) in [7, 11) is 1.55. The Morgan fingerprint density at radius 3 is 2.52 bits per heavy atom. The van der Waals surface area contributed by atoms with Gasteiger partial charge in [-0.3, -0.25) is 15.2 Å². The highest BCUT2D eigenvalue weighted by atomic mass is 19.4. The van der Waals surface area contributed by atoms with Crippen LogP contribution in [0.5, 0.6) is 11.5 Å². The van der Waals surface area contributed by atoms with Gasteiger partial charge in [-0.15, -0.1) is 0 Å². The minimum absolute atomic E-state index is 0.0234. The molecule has 0 unspecified atom stereocenters. The first-order chi connectivity index (χ1) is 22.0. The lowest BCUT2D eigenvalue weighted by molar-refractivity contribution is -0.164. The van der Waals surface area contributed by atoms with E-state index in [1.54, 1.807) is 25.3 Å². The van der Waals surface area contributed by atoms with E-state index in [9.17, 15) is 18.0 Å². The molecule has 1 saturated carbocycles. The number of aryl methyl sites for hydroxylation is 1. The van der Waals surface area contributed by atoms with Crippen LogP contribution in [0.25, 0.3) is 22.3 Å². The van der Waals surface area contributed by atoms with Gasteiger partial charge in [-0.2, -0.15) is 13.2 Å². The van der Waals surface area contributed by atoms with E-state index in [2.05, 4.69) is 15.3 Å². The second-order valence-electron chi connectivity index (χ2n) is 12.0. The fourth-order valence-corrected chi connectivity index (χ4v) is 5.96. The maximum atomic E-state index is 15.2. The predicted molar refractivity (Wildman–Crippen MR) is 163 cm³/mol. The van der Waals surface area contributed by atoms with E-state index in [0.717, 1.165) is 38.4 Å². The summed E-state index contributed by atoms with van der Waals surface area (Å²) in [4.78, 5) is 22.1. The number of carbonyl (C=O) groups is 1. The fourth-order valence-electron chi connectivity index (χ4n) is 5.96. The molecule has 2 aliphatic rings. The summed E-state index contributed by atoms with van der Waals surface area (Å²) >= 11 is 0. The van der Waals surface area contributed by atoms with Gasteiger partial charge in [-0.25, -0.2) is 9.37 Å². The van der Waals surface area contributed by atoms with Crippen LogP contribution >= 0.6 is 0 Å². The fraction of sp³-hybridized carbons (Fsp3) is 0.412. The molecule has 242 valence electrons. The number of alkyl halides is 3. The van der Waals surface area contributed by atoms with Crippen LogP contribution in [0.1, 0.15) is 54.8 Å². The highest BCUT2D eigenvalue weighted by molar-refractivity contribution is 6.45. The molecule has 1 saturated heterocycles. The van der Waals surface area contributed by atoms with Crippen molar-refractivity contribution >= 4 is 22.5 Å². The molecule has 2 N–H and O–H groups in total. The number of ether oxygens (including phenoxy) is 2. The number of fused-ring (bicyclic) bond motifs is 1. The molecular formula is C34H34F4N4O4. The number of nitrogens with one attached hydrogen (secondary N) is 2. The second kappa shape index (κ2) is 12.5. The zero-order chi connectivity index (χ0) is 32.6. The zero-order valence-corrected chi connectivity index (χ0v) is 25.5. The van der Waals surface area contributed by atoms with Crippen molar-refractivity contribution in [1.82, 2.24) is 15.3 Å². The number of hydrogen-bond acceptors (Lipinski definition) is 8. The molecule has 0 spiro atoms. The van der Waals surface area contributed by atoms with Crippen molar-refractivity contribution in [3.63, 3.8) is 0 Å². The molecule has 12 heteroatoms. The molecule has 0 atom stereocenters. The number of benzene rings is 2. The first kappa shape index (κ1) is 31.7. The Morgan fingerprint density at radius 2 is 1.85 bits per heavy atom. The van der Waals surface area contributed by atoms with Gasteiger partial charge in [0.1, 0.15) is 28.5 Å². The lowest BCUT2D eigenvalue weighted by atomic mass is 9.95. The average molecular weight is 639 g/mol. The lowest BCUT2D eigenvalue weighted by Gasteiger charge is -2.22. The third-order valence-corrected chi connectivity index (χ3v) is 9.00. The van der Waals surface area contributed by atoms with Crippen molar-refractivity contribution in [2.45, 2.75) is 57.0 Å². The number of rotatable bonds is 11. The average Bonchev–Trinajstić information content (AvgIpc) is 3.78. The van der Waals surface area contributed by atoms with Crippen LogP contribution in [-0.4, -0.2) is 54.4 Å². The number of piperidine rings is 1. The number of hydrogen-bond donors (Lipinski definition) is 2. The van der Waals surface area contributed by atoms with Crippen LogP contribution in [-0.2, 0) is 16.6 Å². The smallest absolute Gasteiger partial charge is 0.401 e. The largest absolute Gasteiger partial charge is 0.493 e. The Kier molecular flexibility index (Phi) is 8.58. The number of aromatic nitrogens is 2. The van der Waals surface area contributed by atoms with E-state index in [1.165, 1.54) is 25.3 Å². The van der Waals surface area contributed by atoms with Crippen molar-refractivity contribution in [3.8, 4) is 22.8 Å². The number of carbonyl (C=O) groups excluding carboxylic acids is 1. The summed E-state index contributed by atoms with van der Waals surface area (Å²) in [6, 6.07) is 8.88. The van der Waals surface area contributed by atoms with Gasteiger partial charge in [-0.05, 0) is 75.7 Å². The van der Waals surface area contributed by atoms with Gasteiger partial charge >= 0.3 is 6.18 Å². The maximum absolute atomic E-state index is 15.2. The first-order valence-corrected chi connectivity index (χ1v) is 15.3. The van der Waals surface area contributed by atoms with Crippen LogP contribution in [0, 0.1) is 24.1 Å². The summed E-state index contributed by atoms with van der Waals surface area (Å²) < 4.78 is 72.8. The Morgan fingerprint density at radius 1 is 1.11 bits per heavy atom. The van der Waals surface area contributed by atoms with E-state index in [-0.39, 0.29) is 35.5 Å².